The van der Waals surface area contributed by atoms with Crippen molar-refractivity contribution >= 4 is 23.5 Å². The van der Waals surface area contributed by atoms with Crippen molar-refractivity contribution in [1.29, 1.82) is 0 Å². The topological polar surface area (TPSA) is 86.7 Å². The zero-order valence-electron chi connectivity index (χ0n) is 16.0. The van der Waals surface area contributed by atoms with Gasteiger partial charge in [0.15, 0.2) is 11.4 Å². The summed E-state index contributed by atoms with van der Waals surface area (Å²) in [7, 11) is 0. The summed E-state index contributed by atoms with van der Waals surface area (Å²) in [6.07, 6.45) is -0.486. The van der Waals surface area contributed by atoms with Crippen LogP contribution in [-0.2, 0) is 28.7 Å². The van der Waals surface area contributed by atoms with Gasteiger partial charge >= 0.3 is 11.9 Å². The first-order valence-electron chi connectivity index (χ1n) is 9.08. The molecule has 2 aliphatic heterocycles. The molecule has 144 valence electrons. The van der Waals surface area contributed by atoms with Crippen LogP contribution in [0.4, 0.5) is 0 Å². The Balaban J connectivity index is 2.10. The lowest BCUT2D eigenvalue weighted by Crippen LogP contribution is -2.65. The summed E-state index contributed by atoms with van der Waals surface area (Å²) in [4.78, 5) is 50.5. The van der Waals surface area contributed by atoms with E-state index >= 15 is 0 Å². The van der Waals surface area contributed by atoms with E-state index in [1.807, 2.05) is 6.07 Å². The highest BCUT2D eigenvalue weighted by Crippen LogP contribution is 2.54. The van der Waals surface area contributed by atoms with Gasteiger partial charge in [-0.2, -0.15) is 0 Å². The molecule has 6 nitrogen and oxygen atoms in total. The smallest absolute Gasteiger partial charge is 0.311 e. The summed E-state index contributed by atoms with van der Waals surface area (Å²) in [6, 6.07) is 8.99. The first kappa shape index (κ1) is 19.3. The number of fused-ring (bicyclic) bond motifs is 3. The normalized spacial score (nSPS) is 30.0. The van der Waals surface area contributed by atoms with Crippen LogP contribution in [0.25, 0.3) is 0 Å². The average molecular weight is 372 g/mol. The molecule has 27 heavy (non-hydrogen) atoms. The molecular formula is C21H24O6. The zero-order chi connectivity index (χ0) is 20.0. The van der Waals surface area contributed by atoms with E-state index in [1.165, 1.54) is 6.92 Å². The monoisotopic (exact) mass is 372 g/mol. The molecule has 0 amide bonds. The molecule has 4 rings (SSSR count). The molecule has 0 radical (unpaired) electrons. The summed E-state index contributed by atoms with van der Waals surface area (Å²) >= 11 is 0. The minimum Gasteiger partial charge on any atom is -0.460 e. The third kappa shape index (κ3) is 3.40. The van der Waals surface area contributed by atoms with E-state index < -0.39 is 47.3 Å². The maximum absolute atomic E-state index is 13.0. The maximum atomic E-state index is 13.0. The lowest BCUT2D eigenvalue weighted by molar-refractivity contribution is -0.207. The van der Waals surface area contributed by atoms with Crippen molar-refractivity contribution in [1.82, 2.24) is 0 Å². The fourth-order valence-electron chi connectivity index (χ4n) is 4.29. The van der Waals surface area contributed by atoms with Gasteiger partial charge in [0.2, 0.25) is 0 Å². The number of carbonyl (C=O) groups excluding carboxylic acids is 4. The van der Waals surface area contributed by atoms with Crippen molar-refractivity contribution in [2.45, 2.75) is 57.7 Å². The molecule has 2 heterocycles. The fourth-order valence-corrected chi connectivity index (χ4v) is 4.29. The van der Waals surface area contributed by atoms with E-state index in [0.717, 1.165) is 0 Å². The van der Waals surface area contributed by atoms with Crippen molar-refractivity contribution < 1.29 is 28.7 Å². The van der Waals surface area contributed by atoms with Gasteiger partial charge < -0.3 is 9.47 Å². The van der Waals surface area contributed by atoms with Crippen LogP contribution in [0.15, 0.2) is 30.3 Å². The van der Waals surface area contributed by atoms with Gasteiger partial charge in [-0.15, -0.1) is 0 Å². The molecule has 3 aliphatic rings. The fraction of sp³-hybridized carbons (Fsp3) is 0.524. The van der Waals surface area contributed by atoms with Gasteiger partial charge in [0.05, 0.1) is 12.3 Å². The second kappa shape index (κ2) is 6.59. The van der Waals surface area contributed by atoms with E-state index in [0.29, 0.717) is 5.56 Å². The first-order chi connectivity index (χ1) is 12.5. The third-order valence-corrected chi connectivity index (χ3v) is 5.21. The van der Waals surface area contributed by atoms with Gasteiger partial charge in [-0.05, 0) is 33.3 Å². The van der Waals surface area contributed by atoms with Crippen LogP contribution in [-0.4, -0.2) is 34.7 Å². The Morgan fingerprint density at radius 2 is 1.81 bits per heavy atom. The second-order valence-corrected chi connectivity index (χ2v) is 8.33. The standard InChI is InChI=1S/C21H24O6/c1-12(22)17-14-10-15(23)21(27-19(14)25,11-16(24)26-20(2,3)4)18(17)13-8-6-5-7-9-13/h5-9,14,17-18H,10-11H2,1-4H3/t14-,17-,18+,21+/m0/s1. The molecule has 3 fully saturated rings. The predicted octanol–water partition coefficient (Wildman–Crippen LogP) is 2.59. The summed E-state index contributed by atoms with van der Waals surface area (Å²) in [6.45, 7) is 6.59. The Morgan fingerprint density at radius 1 is 1.19 bits per heavy atom. The van der Waals surface area contributed by atoms with Crippen molar-refractivity contribution in [3.05, 3.63) is 35.9 Å². The molecule has 2 saturated heterocycles. The van der Waals surface area contributed by atoms with Crippen LogP contribution in [0, 0.1) is 11.8 Å². The number of esters is 2. The zero-order valence-corrected chi connectivity index (χ0v) is 16.0. The van der Waals surface area contributed by atoms with Crippen molar-refractivity contribution in [3.8, 4) is 0 Å². The molecule has 6 heteroatoms. The molecule has 1 aliphatic carbocycles. The summed E-state index contributed by atoms with van der Waals surface area (Å²) in [5, 5.41) is 0. The van der Waals surface area contributed by atoms with Crippen molar-refractivity contribution in [2.75, 3.05) is 0 Å². The van der Waals surface area contributed by atoms with Gasteiger partial charge in [0.1, 0.15) is 11.4 Å². The number of carbonyl (C=O) groups is 4. The number of Topliss-reactive ketones (excluding diaryl/α,β-unsaturated/α-hetero) is 2. The molecule has 4 atom stereocenters. The van der Waals surface area contributed by atoms with Gasteiger partial charge in [-0.1, -0.05) is 30.3 Å². The number of rotatable bonds is 4. The highest BCUT2D eigenvalue weighted by molar-refractivity contribution is 6.04. The third-order valence-electron chi connectivity index (χ3n) is 5.21. The van der Waals surface area contributed by atoms with Crippen molar-refractivity contribution in [2.24, 2.45) is 11.8 Å². The Kier molecular flexibility index (Phi) is 4.70. The van der Waals surface area contributed by atoms with Gasteiger partial charge in [-0.25, -0.2) is 0 Å². The maximum Gasteiger partial charge on any atom is 0.311 e. The van der Waals surface area contributed by atoms with Crippen LogP contribution < -0.4 is 0 Å². The van der Waals surface area contributed by atoms with E-state index in [4.69, 9.17) is 9.47 Å². The highest BCUT2D eigenvalue weighted by atomic mass is 16.6. The Hall–Kier alpha value is -2.50. The SMILES string of the molecule is CC(=O)[C@H]1[C@@H]2CC(=O)[C@@](CC(=O)OC(C)(C)C)(OC2=O)[C@@H]1c1ccccc1. The first-order valence-corrected chi connectivity index (χ1v) is 9.08. The lowest BCUT2D eigenvalue weighted by Gasteiger charge is -2.52. The van der Waals surface area contributed by atoms with E-state index in [1.54, 1.807) is 45.0 Å². The predicted molar refractivity (Wildman–Crippen MR) is 95.8 cm³/mol. The second-order valence-electron chi connectivity index (χ2n) is 8.33. The molecule has 2 bridgehead atoms. The quantitative estimate of drug-likeness (QED) is 0.755. The lowest BCUT2D eigenvalue weighted by atomic mass is 9.57. The number of benzene rings is 1. The Bertz CT molecular complexity index is 791. The molecule has 0 unspecified atom stereocenters. The number of hydrogen-bond acceptors (Lipinski definition) is 6. The van der Waals surface area contributed by atoms with Crippen molar-refractivity contribution in [3.63, 3.8) is 0 Å². The van der Waals surface area contributed by atoms with E-state index in [2.05, 4.69) is 0 Å². The molecule has 1 saturated carbocycles. The number of ketones is 2. The van der Waals surface area contributed by atoms with Gasteiger partial charge in [-0.3, -0.25) is 19.2 Å². The Morgan fingerprint density at radius 3 is 2.37 bits per heavy atom. The number of ether oxygens (including phenoxy) is 2. The largest absolute Gasteiger partial charge is 0.460 e. The Labute approximate surface area is 158 Å². The van der Waals surface area contributed by atoms with Crippen LogP contribution in [0.5, 0.6) is 0 Å². The molecule has 0 aromatic heterocycles. The van der Waals surface area contributed by atoms with E-state index in [-0.39, 0.29) is 18.0 Å². The molecule has 0 N–H and O–H groups in total. The minimum atomic E-state index is -1.70. The van der Waals surface area contributed by atoms with Gasteiger partial charge in [0, 0.05) is 18.3 Å². The van der Waals surface area contributed by atoms with Crippen LogP contribution in [0.2, 0.25) is 0 Å². The molecule has 1 aromatic rings. The summed E-state index contributed by atoms with van der Waals surface area (Å²) in [5.74, 6) is -3.95. The van der Waals surface area contributed by atoms with E-state index in [9.17, 15) is 19.2 Å². The highest BCUT2D eigenvalue weighted by Gasteiger charge is 2.66. The summed E-state index contributed by atoms with van der Waals surface area (Å²) < 4.78 is 11.0. The number of hydrogen-bond donors (Lipinski definition) is 0. The summed E-state index contributed by atoms with van der Waals surface area (Å²) in [5.41, 5.74) is -1.74. The molecule has 0 spiro atoms. The average Bonchev–Trinajstić information content (AvgIpc) is 2.54. The van der Waals surface area contributed by atoms with Crippen LogP contribution in [0.3, 0.4) is 0 Å². The molecular weight excluding hydrogens is 348 g/mol. The van der Waals surface area contributed by atoms with Crippen LogP contribution in [0.1, 0.15) is 52.0 Å². The minimum absolute atomic E-state index is 0.0881. The molecule has 1 aromatic carbocycles. The van der Waals surface area contributed by atoms with Gasteiger partial charge in [0.25, 0.3) is 0 Å². The van der Waals surface area contributed by atoms with Crippen LogP contribution >= 0.6 is 0 Å².